The van der Waals surface area contributed by atoms with Gasteiger partial charge in [0.05, 0.1) is 32.8 Å². The smallest absolute Gasteiger partial charge is 0.264 e. The van der Waals surface area contributed by atoms with Crippen molar-refractivity contribution in [3.63, 3.8) is 0 Å². The molecule has 0 bridgehead atoms. The zero-order valence-corrected chi connectivity index (χ0v) is 26.2. The Balaban J connectivity index is 2.06. The summed E-state index contributed by atoms with van der Waals surface area (Å²) in [6, 6.07) is 16.0. The van der Waals surface area contributed by atoms with Crippen LogP contribution in [0.15, 0.2) is 71.6 Å². The van der Waals surface area contributed by atoms with Gasteiger partial charge in [-0.3, -0.25) is 13.9 Å². The number of nitrogens with zero attached hydrogens (tertiary/aromatic N) is 2. The number of halogens is 3. The molecule has 0 aliphatic heterocycles. The summed E-state index contributed by atoms with van der Waals surface area (Å²) in [6.45, 7) is 4.75. The molecule has 0 saturated carbocycles. The number of amides is 2. The molecule has 3 aromatic rings. The molecule has 0 fully saturated rings. The molecule has 3 rings (SSSR count). The Kier molecular flexibility index (Phi) is 11.3. The molecule has 0 radical (unpaired) electrons. The van der Waals surface area contributed by atoms with Gasteiger partial charge in [0.2, 0.25) is 11.8 Å². The first-order valence-corrected chi connectivity index (χ1v) is 15.4. The number of rotatable bonds is 12. The highest BCUT2D eigenvalue weighted by atomic mass is 35.5. The molecule has 220 valence electrons. The van der Waals surface area contributed by atoms with E-state index in [4.69, 9.17) is 39.5 Å². The third-order valence-corrected chi connectivity index (χ3v) is 9.36. The molecular weight excluding hydrogens is 609 g/mol. The van der Waals surface area contributed by atoms with E-state index in [0.717, 1.165) is 4.31 Å². The molecule has 0 aromatic heterocycles. The van der Waals surface area contributed by atoms with Crippen LogP contribution in [0.5, 0.6) is 5.75 Å². The fraction of sp³-hybridized carbons (Fsp3) is 0.310. The highest BCUT2D eigenvalue weighted by molar-refractivity contribution is 7.92. The van der Waals surface area contributed by atoms with Crippen LogP contribution in [0.1, 0.15) is 32.8 Å². The lowest BCUT2D eigenvalue weighted by Crippen LogP contribution is -2.52. The minimum absolute atomic E-state index is 0.0154. The van der Waals surface area contributed by atoms with E-state index in [1.165, 1.54) is 42.3 Å². The van der Waals surface area contributed by atoms with Gasteiger partial charge in [-0.25, -0.2) is 8.42 Å². The van der Waals surface area contributed by atoms with Crippen LogP contribution in [0, 0.1) is 0 Å². The summed E-state index contributed by atoms with van der Waals surface area (Å²) >= 11 is 18.6. The van der Waals surface area contributed by atoms with Crippen LogP contribution in [0.4, 0.5) is 5.69 Å². The van der Waals surface area contributed by atoms with E-state index in [0.29, 0.717) is 22.8 Å². The predicted octanol–water partition coefficient (Wildman–Crippen LogP) is 6.18. The zero-order chi connectivity index (χ0) is 30.3. The number of nitrogens with one attached hydrogen (secondary N) is 1. The number of hydrogen-bond donors (Lipinski definition) is 1. The Hall–Kier alpha value is -2.98. The molecule has 8 nitrogen and oxygen atoms in total. The molecule has 0 saturated heterocycles. The Morgan fingerprint density at radius 2 is 1.61 bits per heavy atom. The lowest BCUT2D eigenvalue weighted by molar-refractivity contribution is -0.139. The van der Waals surface area contributed by atoms with Crippen molar-refractivity contribution < 1.29 is 22.7 Å². The van der Waals surface area contributed by atoms with Gasteiger partial charge in [-0.1, -0.05) is 66.0 Å². The van der Waals surface area contributed by atoms with Gasteiger partial charge in [0.1, 0.15) is 18.3 Å². The van der Waals surface area contributed by atoms with Gasteiger partial charge in [-0.2, -0.15) is 0 Å². The first-order valence-electron chi connectivity index (χ1n) is 12.8. The van der Waals surface area contributed by atoms with Gasteiger partial charge >= 0.3 is 0 Å². The molecule has 2 unspecified atom stereocenters. The number of carbonyl (C=O) groups excluding carboxylic acids is 2. The van der Waals surface area contributed by atoms with Gasteiger partial charge in [-0.05, 0) is 68.3 Å². The van der Waals surface area contributed by atoms with Gasteiger partial charge in [0.25, 0.3) is 10.0 Å². The van der Waals surface area contributed by atoms with E-state index in [2.05, 4.69) is 5.32 Å². The molecule has 12 heteroatoms. The SMILES string of the molecule is CCC(C)NC(=O)C(C)N(Cc1ccc(Cl)c(Cl)c1)C(=O)CN(c1ccc(OC)c(Cl)c1)S(=O)(=O)c1ccccc1. The normalized spacial score (nSPS) is 12.8. The molecule has 2 atom stereocenters. The lowest BCUT2D eigenvalue weighted by atomic mass is 10.1. The molecule has 0 aliphatic rings. The minimum atomic E-state index is -4.23. The van der Waals surface area contributed by atoms with E-state index in [1.54, 1.807) is 43.3 Å². The van der Waals surface area contributed by atoms with Crippen molar-refractivity contribution in [1.82, 2.24) is 10.2 Å². The maximum absolute atomic E-state index is 14.0. The minimum Gasteiger partial charge on any atom is -0.495 e. The van der Waals surface area contributed by atoms with Crippen LogP contribution < -0.4 is 14.4 Å². The quantitative estimate of drug-likeness (QED) is 0.255. The van der Waals surface area contributed by atoms with Crippen LogP contribution in [-0.4, -0.2) is 50.9 Å². The van der Waals surface area contributed by atoms with Crippen molar-refractivity contribution in [3.8, 4) is 5.75 Å². The second-order valence-corrected chi connectivity index (χ2v) is 12.5. The molecule has 3 aromatic carbocycles. The maximum Gasteiger partial charge on any atom is 0.264 e. The van der Waals surface area contributed by atoms with Crippen molar-refractivity contribution in [2.24, 2.45) is 0 Å². The summed E-state index contributed by atoms with van der Waals surface area (Å²) in [5.74, 6) is -0.651. The number of carbonyl (C=O) groups is 2. The molecule has 41 heavy (non-hydrogen) atoms. The van der Waals surface area contributed by atoms with Crippen molar-refractivity contribution in [2.75, 3.05) is 18.0 Å². The first kappa shape index (κ1) is 32.5. The highest BCUT2D eigenvalue weighted by Gasteiger charge is 2.33. The summed E-state index contributed by atoms with van der Waals surface area (Å²) in [5, 5.41) is 3.68. The monoisotopic (exact) mass is 639 g/mol. The first-order chi connectivity index (χ1) is 19.4. The predicted molar refractivity (Wildman–Crippen MR) is 163 cm³/mol. The second-order valence-electron chi connectivity index (χ2n) is 9.41. The van der Waals surface area contributed by atoms with Crippen molar-refractivity contribution in [2.45, 2.75) is 50.7 Å². The number of hydrogen-bond acceptors (Lipinski definition) is 5. The number of sulfonamides is 1. The second kappa shape index (κ2) is 14.3. The van der Waals surface area contributed by atoms with Gasteiger partial charge < -0.3 is 15.0 Å². The largest absolute Gasteiger partial charge is 0.495 e. The molecule has 0 heterocycles. The third kappa shape index (κ3) is 8.07. The average Bonchev–Trinajstić information content (AvgIpc) is 2.96. The van der Waals surface area contributed by atoms with Crippen molar-refractivity contribution in [1.29, 1.82) is 0 Å². The van der Waals surface area contributed by atoms with E-state index in [1.807, 2.05) is 13.8 Å². The summed E-state index contributed by atoms with van der Waals surface area (Å²) in [7, 11) is -2.79. The van der Waals surface area contributed by atoms with Crippen LogP contribution in [0.2, 0.25) is 15.1 Å². The summed E-state index contributed by atoms with van der Waals surface area (Å²) in [5.41, 5.74) is 0.764. The zero-order valence-electron chi connectivity index (χ0n) is 23.1. The summed E-state index contributed by atoms with van der Waals surface area (Å²) < 4.78 is 33.9. The Morgan fingerprint density at radius 3 is 2.20 bits per heavy atom. The van der Waals surface area contributed by atoms with Gasteiger partial charge in [0, 0.05) is 12.6 Å². The highest BCUT2D eigenvalue weighted by Crippen LogP contribution is 2.32. The van der Waals surface area contributed by atoms with E-state index >= 15 is 0 Å². The Labute approximate surface area is 256 Å². The van der Waals surface area contributed by atoms with Gasteiger partial charge in [0.15, 0.2) is 0 Å². The third-order valence-electron chi connectivity index (χ3n) is 6.54. The van der Waals surface area contributed by atoms with E-state index in [-0.39, 0.29) is 39.1 Å². The van der Waals surface area contributed by atoms with E-state index < -0.39 is 28.5 Å². The number of anilines is 1. The average molecular weight is 641 g/mol. The Morgan fingerprint density at radius 1 is 0.927 bits per heavy atom. The number of ether oxygens (including phenoxy) is 1. The van der Waals surface area contributed by atoms with Crippen molar-refractivity contribution in [3.05, 3.63) is 87.4 Å². The fourth-order valence-corrected chi connectivity index (χ4v) is 5.94. The topological polar surface area (TPSA) is 96.0 Å². The number of benzene rings is 3. The molecule has 0 aliphatic carbocycles. The van der Waals surface area contributed by atoms with Crippen LogP contribution in [0.25, 0.3) is 0 Å². The van der Waals surface area contributed by atoms with E-state index in [9.17, 15) is 18.0 Å². The fourth-order valence-electron chi connectivity index (χ4n) is 3.94. The molecule has 0 spiro atoms. The lowest BCUT2D eigenvalue weighted by Gasteiger charge is -2.32. The molecule has 1 N–H and O–H groups in total. The van der Waals surface area contributed by atoms with Gasteiger partial charge in [-0.15, -0.1) is 0 Å². The molecule has 2 amide bonds. The van der Waals surface area contributed by atoms with Crippen LogP contribution >= 0.6 is 34.8 Å². The molecular formula is C29H32Cl3N3O5S. The van der Waals surface area contributed by atoms with Crippen LogP contribution in [-0.2, 0) is 26.2 Å². The Bertz CT molecular complexity index is 1490. The summed E-state index contributed by atoms with van der Waals surface area (Å²) in [6.07, 6.45) is 0.695. The number of methoxy groups -OCH3 is 1. The van der Waals surface area contributed by atoms with Crippen molar-refractivity contribution >= 4 is 62.3 Å². The standard InChI is InChI=1S/C29H32Cl3N3O5S/c1-5-19(2)33-29(37)20(3)34(17-21-11-13-24(30)25(31)15-21)28(36)18-35(22-12-14-27(40-4)26(32)16-22)41(38,39)23-9-7-6-8-10-23/h6-16,19-20H,5,17-18H2,1-4H3,(H,33,37). The summed E-state index contributed by atoms with van der Waals surface area (Å²) in [4.78, 5) is 28.4. The van der Waals surface area contributed by atoms with Crippen LogP contribution in [0.3, 0.4) is 0 Å². The maximum atomic E-state index is 14.0.